The number of benzene rings is 2. The van der Waals surface area contributed by atoms with Gasteiger partial charge in [-0.1, -0.05) is 12.1 Å². The third-order valence-electron chi connectivity index (χ3n) is 5.34. The number of nitrogens with zero attached hydrogens (tertiary/aromatic N) is 1. The summed E-state index contributed by atoms with van der Waals surface area (Å²) in [5.74, 6) is 0.331. The molecule has 1 aromatic heterocycles. The van der Waals surface area contributed by atoms with Crippen LogP contribution in [-0.2, 0) is 6.54 Å². The van der Waals surface area contributed by atoms with Crippen molar-refractivity contribution in [3.63, 3.8) is 0 Å². The summed E-state index contributed by atoms with van der Waals surface area (Å²) in [5, 5.41) is 31.6. The van der Waals surface area contributed by atoms with Crippen LogP contribution in [0.1, 0.15) is 34.3 Å². The summed E-state index contributed by atoms with van der Waals surface area (Å²) < 4.78 is 0. The van der Waals surface area contributed by atoms with Crippen molar-refractivity contribution in [1.29, 1.82) is 0 Å². The van der Waals surface area contributed by atoms with Gasteiger partial charge in [-0.15, -0.1) is 0 Å². The van der Waals surface area contributed by atoms with Crippen molar-refractivity contribution >= 4 is 34.5 Å². The van der Waals surface area contributed by atoms with Crippen LogP contribution in [0.4, 0.5) is 28.6 Å². The average molecular weight is 434 g/mol. The summed E-state index contributed by atoms with van der Waals surface area (Å²) >= 11 is 0. The largest absolute Gasteiger partial charge is 0.508 e. The Labute approximate surface area is 186 Å². The molecular weight excluding hydrogens is 406 g/mol. The van der Waals surface area contributed by atoms with Gasteiger partial charge in [-0.3, -0.25) is 4.79 Å². The molecule has 1 aliphatic heterocycles. The number of aromatic nitrogens is 1. The highest BCUT2D eigenvalue weighted by molar-refractivity contribution is 6.15. The molecule has 0 radical (unpaired) electrons. The van der Waals surface area contributed by atoms with E-state index in [4.69, 9.17) is 5.11 Å². The van der Waals surface area contributed by atoms with Crippen molar-refractivity contribution < 1.29 is 15.0 Å². The predicted molar refractivity (Wildman–Crippen MR) is 126 cm³/mol. The summed E-state index contributed by atoms with van der Waals surface area (Å²) in [6, 6.07) is 12.7. The number of carbonyl (C=O) groups excluding carboxylic acids is 1. The molecule has 6 N–H and O–H groups in total. The molecule has 0 fully saturated rings. The van der Waals surface area contributed by atoms with Crippen molar-refractivity contribution in [2.45, 2.75) is 26.3 Å². The Kier molecular flexibility index (Phi) is 6.53. The molecule has 32 heavy (non-hydrogen) atoms. The Morgan fingerprint density at radius 1 is 1.00 bits per heavy atom. The monoisotopic (exact) mass is 433 g/mol. The molecule has 2 heterocycles. The molecule has 4 rings (SSSR count). The fourth-order valence-corrected chi connectivity index (χ4v) is 3.60. The van der Waals surface area contributed by atoms with Gasteiger partial charge in [0, 0.05) is 31.1 Å². The van der Waals surface area contributed by atoms with Crippen LogP contribution in [0.5, 0.6) is 5.75 Å². The SMILES string of the molecule is Cc1ccc(O)cc1Nc1ccnc2c1C(=O)Nc1cc(CNCCCCO)ccc1N2. The lowest BCUT2D eigenvalue weighted by Gasteiger charge is -2.14. The van der Waals surface area contributed by atoms with E-state index in [1.54, 1.807) is 24.4 Å². The molecule has 3 aromatic rings. The van der Waals surface area contributed by atoms with Crippen molar-refractivity contribution in [3.8, 4) is 5.75 Å². The van der Waals surface area contributed by atoms with Gasteiger partial charge in [0.05, 0.1) is 17.1 Å². The highest BCUT2D eigenvalue weighted by Gasteiger charge is 2.24. The first-order valence-electron chi connectivity index (χ1n) is 10.6. The first-order valence-corrected chi connectivity index (χ1v) is 10.6. The molecule has 0 unspecified atom stereocenters. The van der Waals surface area contributed by atoms with Gasteiger partial charge in [-0.05, 0) is 61.7 Å². The summed E-state index contributed by atoms with van der Waals surface area (Å²) in [4.78, 5) is 17.5. The number of aliphatic hydroxyl groups is 1. The number of fused-ring (bicyclic) bond motifs is 2. The Bertz CT molecular complexity index is 1130. The van der Waals surface area contributed by atoms with Gasteiger partial charge in [0.15, 0.2) is 0 Å². The quantitative estimate of drug-likeness (QED) is 0.297. The van der Waals surface area contributed by atoms with Gasteiger partial charge in [-0.2, -0.15) is 0 Å². The average Bonchev–Trinajstić information content (AvgIpc) is 2.92. The van der Waals surface area contributed by atoms with E-state index in [0.29, 0.717) is 35.0 Å². The minimum atomic E-state index is -0.271. The maximum Gasteiger partial charge on any atom is 0.261 e. The van der Waals surface area contributed by atoms with Crippen LogP contribution in [0.25, 0.3) is 0 Å². The van der Waals surface area contributed by atoms with E-state index in [1.165, 1.54) is 0 Å². The highest BCUT2D eigenvalue weighted by Crippen LogP contribution is 2.36. The summed E-state index contributed by atoms with van der Waals surface area (Å²) in [5.41, 5.74) is 5.13. The van der Waals surface area contributed by atoms with E-state index in [1.807, 2.05) is 31.2 Å². The van der Waals surface area contributed by atoms with Gasteiger partial charge >= 0.3 is 0 Å². The van der Waals surface area contributed by atoms with Gasteiger partial charge in [0.25, 0.3) is 5.91 Å². The number of unbranched alkanes of at least 4 members (excludes halogenated alkanes) is 1. The van der Waals surface area contributed by atoms with Crippen LogP contribution in [0.2, 0.25) is 0 Å². The molecule has 0 saturated heterocycles. The molecule has 8 heteroatoms. The molecule has 1 aliphatic rings. The fourth-order valence-electron chi connectivity index (χ4n) is 3.60. The normalized spacial score (nSPS) is 12.2. The van der Waals surface area contributed by atoms with Crippen LogP contribution < -0.4 is 21.3 Å². The zero-order valence-electron chi connectivity index (χ0n) is 17.9. The Morgan fingerprint density at radius 2 is 1.88 bits per heavy atom. The van der Waals surface area contributed by atoms with E-state index in [-0.39, 0.29) is 18.3 Å². The minimum absolute atomic E-state index is 0.144. The predicted octanol–water partition coefficient (Wildman–Crippen LogP) is 4.01. The maximum absolute atomic E-state index is 13.2. The van der Waals surface area contributed by atoms with Crippen molar-refractivity contribution in [2.75, 3.05) is 29.1 Å². The van der Waals surface area contributed by atoms with E-state index in [9.17, 15) is 9.90 Å². The summed E-state index contributed by atoms with van der Waals surface area (Å²) in [6.45, 7) is 3.62. The van der Waals surface area contributed by atoms with Crippen LogP contribution in [0.3, 0.4) is 0 Å². The molecule has 0 bridgehead atoms. The van der Waals surface area contributed by atoms with Crippen molar-refractivity contribution in [2.24, 2.45) is 0 Å². The number of phenolic OH excluding ortho intramolecular Hbond substituents is 1. The number of pyridine rings is 1. The van der Waals surface area contributed by atoms with Gasteiger partial charge in [-0.25, -0.2) is 4.98 Å². The molecular formula is C24H27N5O3. The van der Waals surface area contributed by atoms with Crippen LogP contribution >= 0.6 is 0 Å². The molecule has 0 atom stereocenters. The zero-order chi connectivity index (χ0) is 22.5. The third-order valence-corrected chi connectivity index (χ3v) is 5.34. The van der Waals surface area contributed by atoms with Crippen LogP contribution in [0.15, 0.2) is 48.7 Å². The second-order valence-corrected chi connectivity index (χ2v) is 7.77. The Morgan fingerprint density at radius 3 is 2.72 bits per heavy atom. The summed E-state index contributed by atoms with van der Waals surface area (Å²) in [6.07, 6.45) is 3.32. The summed E-state index contributed by atoms with van der Waals surface area (Å²) in [7, 11) is 0. The standard InChI is InChI=1S/C24H27N5O3/c1-15-4-6-17(31)13-20(15)27-19-8-10-26-23-22(19)24(32)29-21-12-16(5-7-18(21)28-23)14-25-9-2-3-11-30/h4-8,10,12-13,25,30-31H,2-3,9,11,14H2,1H3,(H,29,32)(H2,26,27,28). The Balaban J connectivity index is 1.56. The smallest absolute Gasteiger partial charge is 0.261 e. The molecule has 166 valence electrons. The first-order chi connectivity index (χ1) is 15.5. The lowest BCUT2D eigenvalue weighted by atomic mass is 10.1. The number of amides is 1. The second kappa shape index (κ2) is 9.67. The fraction of sp³-hybridized carbons (Fsp3) is 0.250. The topological polar surface area (TPSA) is 119 Å². The van der Waals surface area contributed by atoms with E-state index >= 15 is 0 Å². The van der Waals surface area contributed by atoms with Crippen LogP contribution in [0, 0.1) is 6.92 Å². The number of anilines is 5. The number of hydrogen-bond acceptors (Lipinski definition) is 7. The van der Waals surface area contributed by atoms with Gasteiger partial charge in [0.1, 0.15) is 17.1 Å². The molecule has 1 amide bonds. The third kappa shape index (κ3) is 4.82. The molecule has 0 saturated carbocycles. The highest BCUT2D eigenvalue weighted by atomic mass is 16.3. The second-order valence-electron chi connectivity index (χ2n) is 7.77. The van der Waals surface area contributed by atoms with Crippen molar-refractivity contribution in [1.82, 2.24) is 10.3 Å². The lowest BCUT2D eigenvalue weighted by Crippen LogP contribution is -2.16. The Hall–Kier alpha value is -3.62. The number of rotatable bonds is 8. The van der Waals surface area contributed by atoms with Crippen LogP contribution in [-0.4, -0.2) is 34.3 Å². The van der Waals surface area contributed by atoms with Crippen molar-refractivity contribution in [3.05, 3.63) is 65.4 Å². The van der Waals surface area contributed by atoms with E-state index < -0.39 is 0 Å². The maximum atomic E-state index is 13.2. The number of nitrogens with one attached hydrogen (secondary N) is 4. The number of hydrogen-bond donors (Lipinski definition) is 6. The van der Waals surface area contributed by atoms with Gasteiger partial charge in [0.2, 0.25) is 0 Å². The molecule has 0 aliphatic carbocycles. The molecule has 2 aromatic carbocycles. The first kappa shape index (κ1) is 21.6. The molecule has 8 nitrogen and oxygen atoms in total. The molecule has 0 spiro atoms. The van der Waals surface area contributed by atoms with Gasteiger partial charge < -0.3 is 31.5 Å². The van der Waals surface area contributed by atoms with E-state index in [0.717, 1.165) is 36.2 Å². The minimum Gasteiger partial charge on any atom is -0.508 e. The number of aliphatic hydroxyl groups excluding tert-OH is 1. The number of carbonyl (C=O) groups is 1. The number of phenols is 1. The number of aryl methyl sites for hydroxylation is 1. The van der Waals surface area contributed by atoms with E-state index in [2.05, 4.69) is 26.3 Å². The lowest BCUT2D eigenvalue weighted by molar-refractivity contribution is 0.102. The zero-order valence-corrected chi connectivity index (χ0v) is 17.9. The number of aromatic hydroxyl groups is 1.